The summed E-state index contributed by atoms with van der Waals surface area (Å²) in [7, 11) is 0. The first kappa shape index (κ1) is 28.3. The van der Waals surface area contributed by atoms with Gasteiger partial charge in [0.05, 0.1) is 11.1 Å². The summed E-state index contributed by atoms with van der Waals surface area (Å²) in [6, 6.07) is 19.3. The summed E-state index contributed by atoms with van der Waals surface area (Å²) in [4.78, 5) is 42.0. The molecule has 9 heteroatoms. The minimum absolute atomic E-state index is 0.181. The maximum Gasteiger partial charge on any atom is 0.335 e. The molecule has 0 radical (unpaired) electrons. The van der Waals surface area contributed by atoms with E-state index >= 15 is 0 Å². The van der Waals surface area contributed by atoms with Gasteiger partial charge in [0.2, 0.25) is 5.24 Å². The van der Waals surface area contributed by atoms with Crippen LogP contribution in [0.1, 0.15) is 20.7 Å². The fourth-order valence-corrected chi connectivity index (χ4v) is 2.94. The van der Waals surface area contributed by atoms with E-state index in [1.54, 1.807) is 54.6 Å². The van der Waals surface area contributed by atoms with E-state index in [0.29, 0.717) is 5.75 Å². The molecule has 3 N–H and O–H groups in total. The van der Waals surface area contributed by atoms with Crippen LogP contribution in [0.2, 0.25) is 0 Å². The van der Waals surface area contributed by atoms with Crippen LogP contribution in [0.25, 0.3) is 21.5 Å². The lowest BCUT2D eigenvalue weighted by Gasteiger charge is -2.04. The van der Waals surface area contributed by atoms with Gasteiger partial charge in [-0.1, -0.05) is 37.4 Å². The lowest BCUT2D eigenvalue weighted by atomic mass is 10.1. The normalized spacial score (nSPS) is 9.65. The van der Waals surface area contributed by atoms with Crippen molar-refractivity contribution in [2.24, 2.45) is 0 Å². The molecule has 0 aliphatic carbocycles. The largest absolute Gasteiger partial charge is 0.508 e. The molecule has 0 amide bonds. The first-order valence-corrected chi connectivity index (χ1v) is 10.8. The Balaban J connectivity index is 0.000000225. The number of ether oxygens (including phenoxy) is 1. The number of phenols is 1. The Kier molecular flexibility index (Phi) is 10.1. The second-order valence-electron chi connectivity index (χ2n) is 7.21. The Morgan fingerprint density at radius 1 is 0.676 bits per heavy atom. The SMILES string of the molecule is C=CC(=O)Cl.C=CC(=O)Oc1ccc2cc(C(=O)O)ccc2c1.O=C(O)c1ccc2cc(O)ccc2c1. The summed E-state index contributed by atoms with van der Waals surface area (Å²) >= 11 is 4.71. The zero-order chi connectivity index (χ0) is 27.5. The molecule has 0 aliphatic rings. The van der Waals surface area contributed by atoms with Crippen LogP contribution in [-0.4, -0.2) is 38.5 Å². The van der Waals surface area contributed by atoms with Crippen molar-refractivity contribution < 1.29 is 39.2 Å². The quantitative estimate of drug-likeness (QED) is 0.130. The topological polar surface area (TPSA) is 138 Å². The number of carboxylic acid groups (broad SMARTS) is 2. The van der Waals surface area contributed by atoms with Gasteiger partial charge >= 0.3 is 17.9 Å². The van der Waals surface area contributed by atoms with Crippen molar-refractivity contribution in [1.82, 2.24) is 0 Å². The summed E-state index contributed by atoms with van der Waals surface area (Å²) in [5, 5.41) is 29.5. The van der Waals surface area contributed by atoms with E-state index in [9.17, 15) is 24.3 Å². The highest BCUT2D eigenvalue weighted by Crippen LogP contribution is 2.23. The number of hydrogen-bond donors (Lipinski definition) is 3. The molecule has 0 bridgehead atoms. The van der Waals surface area contributed by atoms with Crippen molar-refractivity contribution >= 4 is 56.3 Å². The number of fused-ring (bicyclic) bond motifs is 2. The number of carboxylic acids is 2. The Labute approximate surface area is 216 Å². The Morgan fingerprint density at radius 2 is 1.11 bits per heavy atom. The Morgan fingerprint density at radius 3 is 1.57 bits per heavy atom. The molecule has 0 fully saturated rings. The van der Waals surface area contributed by atoms with E-state index in [1.807, 2.05) is 0 Å². The summed E-state index contributed by atoms with van der Waals surface area (Å²) in [6.45, 7) is 6.39. The Hall–Kier alpha value is -4.95. The smallest absolute Gasteiger partial charge is 0.335 e. The minimum Gasteiger partial charge on any atom is -0.508 e. The number of allylic oxidation sites excluding steroid dienone is 1. The number of hydrogen-bond acceptors (Lipinski definition) is 6. The second-order valence-corrected chi connectivity index (χ2v) is 7.59. The summed E-state index contributed by atoms with van der Waals surface area (Å²) < 4.78 is 4.98. The van der Waals surface area contributed by atoms with Crippen molar-refractivity contribution in [3.05, 3.63) is 109 Å². The van der Waals surface area contributed by atoms with Gasteiger partial charge in [0, 0.05) is 6.08 Å². The van der Waals surface area contributed by atoms with E-state index in [4.69, 9.17) is 26.6 Å². The van der Waals surface area contributed by atoms with Crippen molar-refractivity contribution in [3.8, 4) is 11.5 Å². The summed E-state index contributed by atoms with van der Waals surface area (Å²) in [5.41, 5.74) is 0.474. The van der Waals surface area contributed by atoms with Gasteiger partial charge in [0.1, 0.15) is 11.5 Å². The first-order valence-electron chi connectivity index (χ1n) is 10.4. The van der Waals surface area contributed by atoms with Crippen LogP contribution in [0.15, 0.2) is 98.1 Å². The molecule has 0 saturated carbocycles. The van der Waals surface area contributed by atoms with Crippen LogP contribution < -0.4 is 4.74 Å². The van der Waals surface area contributed by atoms with E-state index in [2.05, 4.69) is 13.2 Å². The average Bonchev–Trinajstić information content (AvgIpc) is 2.88. The molecule has 0 saturated heterocycles. The van der Waals surface area contributed by atoms with Crippen LogP contribution in [-0.2, 0) is 9.59 Å². The molecule has 0 atom stereocenters. The minimum atomic E-state index is -0.973. The maximum atomic E-state index is 11.0. The number of aromatic carboxylic acids is 2. The molecule has 0 aromatic heterocycles. The number of aromatic hydroxyl groups is 1. The van der Waals surface area contributed by atoms with Gasteiger partial charge < -0.3 is 20.1 Å². The molecule has 0 heterocycles. The lowest BCUT2D eigenvalue weighted by molar-refractivity contribution is -0.129. The van der Waals surface area contributed by atoms with Gasteiger partial charge in [-0.3, -0.25) is 4.79 Å². The molecule has 0 unspecified atom stereocenters. The lowest BCUT2D eigenvalue weighted by Crippen LogP contribution is -2.02. The third-order valence-corrected chi connectivity index (χ3v) is 4.83. The Bertz CT molecular complexity index is 1510. The highest BCUT2D eigenvalue weighted by Gasteiger charge is 2.06. The van der Waals surface area contributed by atoms with Crippen LogP contribution in [0, 0.1) is 0 Å². The van der Waals surface area contributed by atoms with Crippen LogP contribution in [0.3, 0.4) is 0 Å². The monoisotopic (exact) mass is 520 g/mol. The predicted molar refractivity (Wildman–Crippen MR) is 140 cm³/mol. The fraction of sp³-hybridized carbons (Fsp3) is 0. The van der Waals surface area contributed by atoms with Gasteiger partial charge in [-0.2, -0.15) is 0 Å². The third kappa shape index (κ3) is 8.65. The molecule has 188 valence electrons. The van der Waals surface area contributed by atoms with Crippen molar-refractivity contribution in [2.75, 3.05) is 0 Å². The van der Waals surface area contributed by atoms with E-state index in [-0.39, 0.29) is 16.9 Å². The molecular formula is C28H21ClO8. The predicted octanol–water partition coefficient (Wildman–Crippen LogP) is 5.81. The zero-order valence-corrected chi connectivity index (χ0v) is 20.0. The van der Waals surface area contributed by atoms with E-state index in [0.717, 1.165) is 33.7 Å². The van der Waals surface area contributed by atoms with Crippen molar-refractivity contribution in [1.29, 1.82) is 0 Å². The van der Waals surface area contributed by atoms with Gasteiger partial charge in [-0.25, -0.2) is 14.4 Å². The van der Waals surface area contributed by atoms with Crippen LogP contribution in [0.5, 0.6) is 11.5 Å². The van der Waals surface area contributed by atoms with Crippen molar-refractivity contribution in [3.63, 3.8) is 0 Å². The van der Waals surface area contributed by atoms with Gasteiger partial charge in [-0.05, 0) is 87.8 Å². The van der Waals surface area contributed by atoms with Gasteiger partial charge in [0.25, 0.3) is 0 Å². The molecular weight excluding hydrogens is 500 g/mol. The highest BCUT2D eigenvalue weighted by atomic mass is 35.5. The van der Waals surface area contributed by atoms with E-state index < -0.39 is 23.2 Å². The van der Waals surface area contributed by atoms with Crippen LogP contribution >= 0.6 is 11.6 Å². The molecule has 4 aromatic carbocycles. The second kappa shape index (κ2) is 13.2. The number of carbonyl (C=O) groups excluding carboxylic acids is 2. The molecule has 37 heavy (non-hydrogen) atoms. The number of benzene rings is 4. The molecule has 4 rings (SSSR count). The molecule has 8 nitrogen and oxygen atoms in total. The van der Waals surface area contributed by atoms with Crippen molar-refractivity contribution in [2.45, 2.75) is 0 Å². The number of carbonyl (C=O) groups is 4. The first-order chi connectivity index (χ1) is 17.5. The van der Waals surface area contributed by atoms with Gasteiger partial charge in [-0.15, -0.1) is 0 Å². The average molecular weight is 521 g/mol. The third-order valence-electron chi connectivity index (χ3n) is 4.68. The summed E-state index contributed by atoms with van der Waals surface area (Å²) in [6.07, 6.45) is 2.12. The molecule has 4 aromatic rings. The summed E-state index contributed by atoms with van der Waals surface area (Å²) in [5.74, 6) is -1.87. The number of rotatable bonds is 5. The standard InChI is InChI=1S/C14H10O4.C11H8O3.C3H3ClO/c1-2-13(15)18-12-6-5-9-7-11(14(16)17)4-3-10(9)8-12;12-10-4-3-7-5-9(11(13)14)2-1-8(7)6-10;1-2-3(4)5/h2-8H,1H2,(H,16,17);1-6,12H,(H,13,14);2H,1H2. The molecule has 0 spiro atoms. The molecule has 0 aliphatic heterocycles. The number of halogens is 1. The van der Waals surface area contributed by atoms with Gasteiger partial charge in [0.15, 0.2) is 0 Å². The highest BCUT2D eigenvalue weighted by molar-refractivity contribution is 6.66. The number of phenolic OH excluding ortho intramolecular Hbond substituents is 1. The number of esters is 1. The maximum absolute atomic E-state index is 11.0. The van der Waals surface area contributed by atoms with Crippen LogP contribution in [0.4, 0.5) is 0 Å². The van der Waals surface area contributed by atoms with E-state index in [1.165, 1.54) is 18.2 Å². The fourth-order valence-electron chi connectivity index (χ4n) is 2.94. The zero-order valence-electron chi connectivity index (χ0n) is 19.3.